The standard InChI is InChI=1S/C8H8FN5O3.C2H6/c1-11-8(15)13(12-10)6-2-5(9)3-7(4-6)14(16)17;1-2/h2-4,10H,1H3,(H,11,15);1-2H3. The van der Waals surface area contributed by atoms with Gasteiger partial charge in [0.2, 0.25) is 0 Å². The van der Waals surface area contributed by atoms with Gasteiger partial charge in [0.1, 0.15) is 5.82 Å². The van der Waals surface area contributed by atoms with Gasteiger partial charge in [-0.05, 0) is 0 Å². The van der Waals surface area contributed by atoms with E-state index in [1.54, 1.807) is 0 Å². The fourth-order valence-corrected chi connectivity index (χ4v) is 1.11. The van der Waals surface area contributed by atoms with Crippen LogP contribution in [0.3, 0.4) is 0 Å². The van der Waals surface area contributed by atoms with Crippen molar-refractivity contribution in [3.63, 3.8) is 0 Å². The molecular weight excluding hydrogens is 257 g/mol. The Labute approximate surface area is 108 Å². The number of nitro benzene ring substituents is 1. The molecule has 2 amide bonds. The van der Waals surface area contributed by atoms with Crippen molar-refractivity contribution in [3.8, 4) is 0 Å². The third kappa shape index (κ3) is 4.30. The summed E-state index contributed by atoms with van der Waals surface area (Å²) in [4.78, 5) is 20.9. The number of hydrogen-bond acceptors (Lipinski definition) is 5. The Balaban J connectivity index is 0.00000154. The van der Waals surface area contributed by atoms with Gasteiger partial charge < -0.3 is 5.32 Å². The lowest BCUT2D eigenvalue weighted by Gasteiger charge is -2.13. The number of non-ortho nitro benzene ring substituents is 1. The Hall–Kier alpha value is -2.58. The highest BCUT2D eigenvalue weighted by Gasteiger charge is 2.18. The maximum absolute atomic E-state index is 13.1. The molecule has 0 saturated heterocycles. The first kappa shape index (κ1) is 16.4. The molecule has 8 nitrogen and oxygen atoms in total. The van der Waals surface area contributed by atoms with E-state index in [9.17, 15) is 19.3 Å². The van der Waals surface area contributed by atoms with Gasteiger partial charge >= 0.3 is 6.03 Å². The minimum absolute atomic E-state index is 0.203. The predicted octanol–water partition coefficient (Wildman–Crippen LogP) is 2.85. The fourth-order valence-electron chi connectivity index (χ4n) is 1.11. The van der Waals surface area contributed by atoms with Gasteiger partial charge in [0.25, 0.3) is 5.69 Å². The minimum Gasteiger partial charge on any atom is -0.339 e. The van der Waals surface area contributed by atoms with E-state index in [-0.39, 0.29) is 5.69 Å². The number of carbonyl (C=O) groups is 1. The van der Waals surface area contributed by atoms with E-state index in [2.05, 4.69) is 10.5 Å². The third-order valence-electron chi connectivity index (χ3n) is 1.83. The first-order valence-electron chi connectivity index (χ1n) is 5.33. The van der Waals surface area contributed by atoms with Crippen LogP contribution in [0.5, 0.6) is 0 Å². The quantitative estimate of drug-likeness (QED) is 0.500. The molecule has 0 aliphatic rings. The summed E-state index contributed by atoms with van der Waals surface area (Å²) in [7, 11) is 1.29. The van der Waals surface area contributed by atoms with Gasteiger partial charge in [-0.2, -0.15) is 10.5 Å². The van der Waals surface area contributed by atoms with Crippen LogP contribution in [0.2, 0.25) is 0 Å². The Morgan fingerprint density at radius 1 is 1.47 bits per heavy atom. The fraction of sp³-hybridized carbons (Fsp3) is 0.300. The number of nitro groups is 1. The zero-order chi connectivity index (χ0) is 15.0. The molecule has 2 N–H and O–H groups in total. The summed E-state index contributed by atoms with van der Waals surface area (Å²) in [6.45, 7) is 4.00. The molecule has 0 saturated carbocycles. The highest BCUT2D eigenvalue weighted by molar-refractivity contribution is 5.91. The SMILES string of the molecule is CC.CNC(=O)N(N=N)c1cc(F)cc([N+](=O)[O-])c1. The monoisotopic (exact) mass is 271 g/mol. The normalized spacial score (nSPS) is 8.84. The predicted molar refractivity (Wildman–Crippen MR) is 66.5 cm³/mol. The molecule has 0 bridgehead atoms. The zero-order valence-electron chi connectivity index (χ0n) is 10.7. The van der Waals surface area contributed by atoms with Crippen LogP contribution in [0, 0.1) is 21.5 Å². The molecule has 104 valence electrons. The van der Waals surface area contributed by atoms with Crippen molar-refractivity contribution in [2.24, 2.45) is 5.22 Å². The lowest BCUT2D eigenvalue weighted by atomic mass is 10.2. The third-order valence-corrected chi connectivity index (χ3v) is 1.83. The van der Waals surface area contributed by atoms with E-state index in [0.29, 0.717) is 11.1 Å². The Morgan fingerprint density at radius 2 is 2.05 bits per heavy atom. The summed E-state index contributed by atoms with van der Waals surface area (Å²) in [6, 6.07) is 1.70. The van der Waals surface area contributed by atoms with Crippen LogP contribution in [0.1, 0.15) is 13.8 Å². The van der Waals surface area contributed by atoms with Gasteiger partial charge in [0, 0.05) is 19.2 Å². The number of carbonyl (C=O) groups excluding carboxylic acids is 1. The molecule has 0 fully saturated rings. The van der Waals surface area contributed by atoms with Gasteiger partial charge in [0.15, 0.2) is 0 Å². The average molecular weight is 271 g/mol. The second-order valence-corrected chi connectivity index (χ2v) is 2.89. The van der Waals surface area contributed by atoms with E-state index in [4.69, 9.17) is 5.53 Å². The van der Waals surface area contributed by atoms with E-state index < -0.39 is 22.5 Å². The van der Waals surface area contributed by atoms with E-state index >= 15 is 0 Å². The maximum atomic E-state index is 13.1. The van der Waals surface area contributed by atoms with Crippen molar-refractivity contribution in [2.75, 3.05) is 12.1 Å². The summed E-state index contributed by atoms with van der Waals surface area (Å²) < 4.78 is 13.1. The van der Waals surface area contributed by atoms with E-state index in [1.807, 2.05) is 13.8 Å². The number of rotatable bonds is 3. The second kappa shape index (κ2) is 7.69. The first-order chi connectivity index (χ1) is 8.99. The molecule has 0 atom stereocenters. The smallest absolute Gasteiger partial charge is 0.339 e. The maximum Gasteiger partial charge on any atom is 0.343 e. The number of anilines is 1. The van der Waals surface area contributed by atoms with Crippen LogP contribution in [0.4, 0.5) is 20.6 Å². The summed E-state index contributed by atoms with van der Waals surface area (Å²) in [5.74, 6) is -0.897. The van der Waals surface area contributed by atoms with Crippen LogP contribution < -0.4 is 10.3 Å². The van der Waals surface area contributed by atoms with E-state index in [1.165, 1.54) is 7.05 Å². The molecule has 0 aromatic heterocycles. The molecule has 1 aromatic rings. The number of nitrogens with zero attached hydrogens (tertiary/aromatic N) is 3. The molecule has 0 radical (unpaired) electrons. The molecule has 1 rings (SSSR count). The van der Waals surface area contributed by atoms with Crippen molar-refractivity contribution in [1.29, 1.82) is 5.53 Å². The molecular formula is C10H14FN5O3. The van der Waals surface area contributed by atoms with Gasteiger partial charge in [0.05, 0.1) is 16.7 Å². The number of benzene rings is 1. The molecule has 0 heterocycles. The number of halogens is 1. The van der Waals surface area contributed by atoms with Crippen LogP contribution in [-0.2, 0) is 0 Å². The molecule has 0 aliphatic carbocycles. The lowest BCUT2D eigenvalue weighted by molar-refractivity contribution is -0.385. The van der Waals surface area contributed by atoms with E-state index in [0.717, 1.165) is 12.1 Å². The highest BCUT2D eigenvalue weighted by Crippen LogP contribution is 2.23. The Morgan fingerprint density at radius 3 is 2.47 bits per heavy atom. The summed E-state index contributed by atoms with van der Waals surface area (Å²) in [5, 5.41) is 16.0. The number of hydrogen-bond donors (Lipinski definition) is 2. The minimum atomic E-state index is -0.897. The summed E-state index contributed by atoms with van der Waals surface area (Å²) in [6.07, 6.45) is 0. The summed E-state index contributed by atoms with van der Waals surface area (Å²) >= 11 is 0. The summed E-state index contributed by atoms with van der Waals surface area (Å²) in [5.41, 5.74) is 6.04. The number of nitrogens with one attached hydrogen (secondary N) is 2. The van der Waals surface area contributed by atoms with Crippen molar-refractivity contribution in [2.45, 2.75) is 13.8 Å². The van der Waals surface area contributed by atoms with Gasteiger partial charge in [-0.1, -0.05) is 19.1 Å². The molecule has 1 aromatic carbocycles. The van der Waals surface area contributed by atoms with Gasteiger partial charge in [-0.15, -0.1) is 0 Å². The van der Waals surface area contributed by atoms with Crippen molar-refractivity contribution in [3.05, 3.63) is 34.1 Å². The average Bonchev–Trinajstić information content (AvgIpc) is 2.41. The van der Waals surface area contributed by atoms with Crippen LogP contribution >= 0.6 is 0 Å². The van der Waals surface area contributed by atoms with Crippen LogP contribution in [0.15, 0.2) is 23.4 Å². The van der Waals surface area contributed by atoms with Crippen LogP contribution in [-0.4, -0.2) is 18.0 Å². The van der Waals surface area contributed by atoms with Gasteiger partial charge in [-0.25, -0.2) is 9.18 Å². The number of amides is 2. The second-order valence-electron chi connectivity index (χ2n) is 2.89. The van der Waals surface area contributed by atoms with Gasteiger partial charge in [-0.3, -0.25) is 10.1 Å². The lowest BCUT2D eigenvalue weighted by Crippen LogP contribution is -2.33. The Kier molecular flexibility index (Phi) is 6.65. The van der Waals surface area contributed by atoms with Crippen molar-refractivity contribution in [1.82, 2.24) is 5.32 Å². The topological polar surface area (TPSA) is 112 Å². The van der Waals surface area contributed by atoms with Crippen molar-refractivity contribution >= 4 is 17.4 Å². The molecule has 0 unspecified atom stereocenters. The van der Waals surface area contributed by atoms with Crippen molar-refractivity contribution < 1.29 is 14.1 Å². The first-order valence-corrected chi connectivity index (χ1v) is 5.33. The molecule has 0 spiro atoms. The molecule has 0 aliphatic heterocycles. The molecule has 19 heavy (non-hydrogen) atoms. The highest BCUT2D eigenvalue weighted by atomic mass is 19.1. The Bertz CT molecular complexity index is 480. The number of urea groups is 1. The van der Waals surface area contributed by atoms with Crippen LogP contribution in [0.25, 0.3) is 0 Å². The largest absolute Gasteiger partial charge is 0.343 e. The molecule has 9 heteroatoms. The zero-order valence-corrected chi connectivity index (χ0v) is 10.7.